The number of rotatable bonds is 2. The lowest BCUT2D eigenvalue weighted by Gasteiger charge is -2.21. The molecule has 2 heterocycles. The first kappa shape index (κ1) is 13.5. The number of hydrogen-bond donors (Lipinski definition) is 2. The van der Waals surface area contributed by atoms with Gasteiger partial charge in [-0.05, 0) is 48.1 Å². The lowest BCUT2D eigenvalue weighted by Crippen LogP contribution is -2.31. The average Bonchev–Trinajstić information content (AvgIpc) is 3.24. The Kier molecular flexibility index (Phi) is 3.04. The second kappa shape index (κ2) is 4.95. The van der Waals surface area contributed by atoms with Gasteiger partial charge in [0.2, 0.25) is 5.91 Å². The molecule has 2 aromatic rings. The first-order chi connectivity index (χ1) is 10.7. The number of carbonyl (C=O) groups excluding carboxylic acids is 2. The summed E-state index contributed by atoms with van der Waals surface area (Å²) in [5.41, 5.74) is 2.30. The van der Waals surface area contributed by atoms with Gasteiger partial charge in [-0.1, -0.05) is 18.9 Å². The third-order valence-corrected chi connectivity index (χ3v) is 5.55. The minimum absolute atomic E-state index is 0.104. The summed E-state index contributed by atoms with van der Waals surface area (Å²) < 4.78 is 0. The fourth-order valence-corrected chi connectivity index (χ4v) is 4.19. The minimum atomic E-state index is -0.376. The van der Waals surface area contributed by atoms with Crippen LogP contribution in [0.25, 0.3) is 0 Å². The van der Waals surface area contributed by atoms with Gasteiger partial charge >= 0.3 is 0 Å². The molecule has 0 unspecified atom stereocenters. The van der Waals surface area contributed by atoms with Crippen LogP contribution in [0.4, 0.5) is 11.4 Å². The summed E-state index contributed by atoms with van der Waals surface area (Å²) in [5, 5.41) is 7.80. The van der Waals surface area contributed by atoms with Gasteiger partial charge in [0, 0.05) is 11.4 Å². The fourth-order valence-electron chi connectivity index (χ4n) is 3.57. The van der Waals surface area contributed by atoms with Gasteiger partial charge in [-0.3, -0.25) is 9.59 Å². The van der Waals surface area contributed by atoms with Gasteiger partial charge in [0.05, 0.1) is 10.3 Å². The van der Waals surface area contributed by atoms with Crippen LogP contribution >= 0.6 is 11.3 Å². The summed E-state index contributed by atoms with van der Waals surface area (Å²) in [5.74, 6) is 0.00874. The van der Waals surface area contributed by atoms with Gasteiger partial charge in [0.1, 0.15) is 0 Å². The molecule has 2 aliphatic rings. The lowest BCUT2D eigenvalue weighted by molar-refractivity contribution is -0.120. The molecular weight excluding hydrogens is 296 g/mol. The van der Waals surface area contributed by atoms with Crippen LogP contribution in [0.1, 0.15) is 40.9 Å². The van der Waals surface area contributed by atoms with Crippen LogP contribution in [-0.2, 0) is 10.2 Å². The van der Waals surface area contributed by atoms with Crippen molar-refractivity contribution in [3.63, 3.8) is 0 Å². The molecule has 0 radical (unpaired) electrons. The van der Waals surface area contributed by atoms with E-state index < -0.39 is 0 Å². The van der Waals surface area contributed by atoms with Crippen LogP contribution in [0.3, 0.4) is 0 Å². The number of carbonyl (C=O) groups is 2. The van der Waals surface area contributed by atoms with Gasteiger partial charge in [-0.2, -0.15) is 0 Å². The van der Waals surface area contributed by atoms with E-state index in [9.17, 15) is 9.59 Å². The van der Waals surface area contributed by atoms with Crippen molar-refractivity contribution in [1.29, 1.82) is 0 Å². The molecule has 4 nitrogen and oxygen atoms in total. The van der Waals surface area contributed by atoms with Crippen molar-refractivity contribution >= 4 is 34.5 Å². The van der Waals surface area contributed by atoms with Crippen molar-refractivity contribution in [3.05, 3.63) is 46.2 Å². The number of benzene rings is 1. The first-order valence-corrected chi connectivity index (χ1v) is 8.38. The molecule has 112 valence electrons. The Morgan fingerprint density at radius 3 is 2.77 bits per heavy atom. The van der Waals surface area contributed by atoms with E-state index in [4.69, 9.17) is 0 Å². The van der Waals surface area contributed by atoms with Crippen LogP contribution in [0.2, 0.25) is 0 Å². The quantitative estimate of drug-likeness (QED) is 0.887. The Bertz CT molecular complexity index is 746. The van der Waals surface area contributed by atoms with Crippen molar-refractivity contribution in [2.45, 2.75) is 31.1 Å². The average molecular weight is 312 g/mol. The van der Waals surface area contributed by atoms with Crippen molar-refractivity contribution < 1.29 is 9.59 Å². The zero-order valence-electron chi connectivity index (χ0n) is 12.0. The maximum absolute atomic E-state index is 12.4. The summed E-state index contributed by atoms with van der Waals surface area (Å²) in [6.45, 7) is 0. The predicted molar refractivity (Wildman–Crippen MR) is 87.5 cm³/mol. The SMILES string of the molecule is O=C(Nc1ccc2c(c1)C1(CCCC1)C(=O)N2)c1cccs1. The van der Waals surface area contributed by atoms with E-state index in [2.05, 4.69) is 10.6 Å². The molecule has 1 aromatic carbocycles. The third kappa shape index (κ3) is 1.96. The van der Waals surface area contributed by atoms with Crippen molar-refractivity contribution in [3.8, 4) is 0 Å². The van der Waals surface area contributed by atoms with Gasteiger partial charge in [-0.15, -0.1) is 11.3 Å². The zero-order valence-corrected chi connectivity index (χ0v) is 12.8. The van der Waals surface area contributed by atoms with Crippen LogP contribution in [0.15, 0.2) is 35.7 Å². The zero-order chi connectivity index (χ0) is 15.2. The molecule has 1 saturated carbocycles. The van der Waals surface area contributed by atoms with Gasteiger partial charge < -0.3 is 10.6 Å². The maximum Gasteiger partial charge on any atom is 0.265 e. The third-order valence-electron chi connectivity index (χ3n) is 4.68. The van der Waals surface area contributed by atoms with E-state index in [1.54, 1.807) is 6.07 Å². The predicted octanol–water partition coefficient (Wildman–Crippen LogP) is 3.76. The highest BCUT2D eigenvalue weighted by atomic mass is 32.1. The number of thiophene rings is 1. The van der Waals surface area contributed by atoms with Crippen LogP contribution in [0, 0.1) is 0 Å². The number of amides is 2. The molecule has 2 N–H and O–H groups in total. The van der Waals surface area contributed by atoms with E-state index in [1.165, 1.54) is 11.3 Å². The Labute approximate surface area is 132 Å². The molecule has 1 aliphatic carbocycles. The van der Waals surface area contributed by atoms with Crippen LogP contribution in [0.5, 0.6) is 0 Å². The van der Waals surface area contributed by atoms with E-state index >= 15 is 0 Å². The van der Waals surface area contributed by atoms with E-state index in [0.717, 1.165) is 42.6 Å². The topological polar surface area (TPSA) is 58.2 Å². The Balaban J connectivity index is 1.66. The molecule has 5 heteroatoms. The second-order valence-corrected chi connectivity index (χ2v) is 6.88. The summed E-state index contributed by atoms with van der Waals surface area (Å²) in [6.07, 6.45) is 3.96. The molecule has 1 aromatic heterocycles. The molecule has 4 rings (SSSR count). The number of hydrogen-bond acceptors (Lipinski definition) is 3. The smallest absolute Gasteiger partial charge is 0.265 e. The molecule has 22 heavy (non-hydrogen) atoms. The summed E-state index contributed by atoms with van der Waals surface area (Å²) in [6, 6.07) is 9.36. The number of fused-ring (bicyclic) bond motifs is 2. The summed E-state index contributed by atoms with van der Waals surface area (Å²) in [7, 11) is 0. The van der Waals surface area contributed by atoms with Crippen LogP contribution < -0.4 is 10.6 Å². The first-order valence-electron chi connectivity index (χ1n) is 7.50. The Morgan fingerprint density at radius 1 is 1.23 bits per heavy atom. The Morgan fingerprint density at radius 2 is 2.05 bits per heavy atom. The van der Waals surface area contributed by atoms with Gasteiger partial charge in [0.15, 0.2) is 0 Å². The number of anilines is 2. The van der Waals surface area contributed by atoms with E-state index in [1.807, 2.05) is 29.6 Å². The van der Waals surface area contributed by atoms with Crippen molar-refractivity contribution in [2.75, 3.05) is 10.6 Å². The normalized spacial score (nSPS) is 18.3. The van der Waals surface area contributed by atoms with Crippen molar-refractivity contribution in [1.82, 2.24) is 0 Å². The molecule has 2 amide bonds. The highest BCUT2D eigenvalue weighted by Crippen LogP contribution is 2.49. The van der Waals surface area contributed by atoms with Crippen LogP contribution in [-0.4, -0.2) is 11.8 Å². The summed E-state index contributed by atoms with van der Waals surface area (Å²) in [4.78, 5) is 25.2. The lowest BCUT2D eigenvalue weighted by atomic mass is 9.80. The molecule has 0 atom stereocenters. The molecule has 0 saturated heterocycles. The minimum Gasteiger partial charge on any atom is -0.325 e. The highest BCUT2D eigenvalue weighted by molar-refractivity contribution is 7.12. The summed E-state index contributed by atoms with van der Waals surface area (Å²) >= 11 is 1.42. The maximum atomic E-state index is 12.4. The van der Waals surface area contributed by atoms with E-state index in [-0.39, 0.29) is 17.2 Å². The monoisotopic (exact) mass is 312 g/mol. The fraction of sp³-hybridized carbons (Fsp3) is 0.294. The largest absolute Gasteiger partial charge is 0.325 e. The molecule has 1 fully saturated rings. The van der Waals surface area contributed by atoms with Gasteiger partial charge in [0.25, 0.3) is 5.91 Å². The molecule has 1 spiro atoms. The molecular formula is C17H16N2O2S. The number of nitrogens with one attached hydrogen (secondary N) is 2. The van der Waals surface area contributed by atoms with E-state index in [0.29, 0.717) is 4.88 Å². The second-order valence-electron chi connectivity index (χ2n) is 5.94. The van der Waals surface area contributed by atoms with Crippen molar-refractivity contribution in [2.24, 2.45) is 0 Å². The standard InChI is InChI=1S/C17H16N2O2S/c20-15(14-4-3-9-22-14)18-11-5-6-13-12(10-11)17(16(21)19-13)7-1-2-8-17/h3-6,9-10H,1-2,7-8H2,(H,18,20)(H,19,21). The van der Waals surface area contributed by atoms with Gasteiger partial charge in [-0.25, -0.2) is 0 Å². The highest BCUT2D eigenvalue weighted by Gasteiger charge is 2.48. The Hall–Kier alpha value is -2.14. The molecule has 0 bridgehead atoms. The molecule has 1 aliphatic heterocycles.